The van der Waals surface area contributed by atoms with Crippen molar-refractivity contribution < 1.29 is 22.7 Å². The number of methoxy groups -OCH3 is 2. The maximum absolute atomic E-state index is 13.7. The number of rotatable bonds is 9. The van der Waals surface area contributed by atoms with Gasteiger partial charge in [-0.05, 0) is 54.4 Å². The Balaban J connectivity index is 1.99. The lowest BCUT2D eigenvalue weighted by Crippen LogP contribution is -2.40. The fourth-order valence-corrected chi connectivity index (χ4v) is 5.03. The fourth-order valence-electron chi connectivity index (χ4n) is 3.12. The molecule has 33 heavy (non-hydrogen) atoms. The van der Waals surface area contributed by atoms with Crippen molar-refractivity contribution in [2.45, 2.75) is 18.4 Å². The summed E-state index contributed by atoms with van der Waals surface area (Å²) in [5.74, 6) is 0.0499. The smallest absolute Gasteiger partial charge is 0.268 e. The Bertz CT molecular complexity index is 1240. The number of aromatic nitrogens is 1. The van der Waals surface area contributed by atoms with E-state index in [1.54, 1.807) is 43.6 Å². The average Bonchev–Trinajstić information content (AvgIpc) is 2.81. The molecular formula is C23H24ClN3O5S. The molecule has 3 aromatic rings. The fraction of sp³-hybridized carbons (Fsp3) is 0.217. The van der Waals surface area contributed by atoms with Crippen molar-refractivity contribution >= 4 is 33.2 Å². The molecule has 0 aliphatic heterocycles. The highest BCUT2D eigenvalue weighted by atomic mass is 35.5. The number of halogens is 1. The Morgan fingerprint density at radius 1 is 1.09 bits per heavy atom. The zero-order valence-electron chi connectivity index (χ0n) is 18.4. The molecule has 3 rings (SSSR count). The Morgan fingerprint density at radius 2 is 1.82 bits per heavy atom. The van der Waals surface area contributed by atoms with E-state index in [0.717, 1.165) is 15.4 Å². The first-order chi connectivity index (χ1) is 15.8. The van der Waals surface area contributed by atoms with Gasteiger partial charge in [-0.1, -0.05) is 23.7 Å². The van der Waals surface area contributed by atoms with Crippen LogP contribution in [0.25, 0.3) is 0 Å². The van der Waals surface area contributed by atoms with Crippen molar-refractivity contribution in [3.8, 4) is 11.5 Å². The summed E-state index contributed by atoms with van der Waals surface area (Å²) in [6.07, 6.45) is 3.25. The first kappa shape index (κ1) is 24.3. The maximum Gasteiger partial charge on any atom is 0.268 e. The summed E-state index contributed by atoms with van der Waals surface area (Å²) in [6.45, 7) is 1.51. The van der Waals surface area contributed by atoms with Crippen LogP contribution in [0.5, 0.6) is 11.5 Å². The summed E-state index contributed by atoms with van der Waals surface area (Å²) < 4.78 is 38.9. The number of pyridine rings is 1. The number of sulfonamides is 1. The summed E-state index contributed by atoms with van der Waals surface area (Å²) in [6, 6.07) is 12.9. The van der Waals surface area contributed by atoms with Crippen LogP contribution in [0.4, 0.5) is 5.69 Å². The molecule has 0 aliphatic rings. The molecule has 1 aromatic heterocycles. The Labute approximate surface area is 198 Å². The normalized spacial score (nSPS) is 11.0. The SMILES string of the molecule is COc1ccc(N(CC(=O)NCc2cccnc2)S(=O)(=O)c2cc(C)ccc2OC)cc1Cl. The van der Waals surface area contributed by atoms with Crippen molar-refractivity contribution in [2.75, 3.05) is 25.1 Å². The first-order valence-electron chi connectivity index (χ1n) is 9.92. The van der Waals surface area contributed by atoms with Crippen LogP contribution in [0.3, 0.4) is 0 Å². The molecule has 0 bridgehead atoms. The van der Waals surface area contributed by atoms with Crippen LogP contribution in [0.2, 0.25) is 5.02 Å². The van der Waals surface area contributed by atoms with Crippen molar-refractivity contribution in [1.29, 1.82) is 0 Å². The van der Waals surface area contributed by atoms with Gasteiger partial charge in [0.2, 0.25) is 5.91 Å². The molecule has 8 nitrogen and oxygen atoms in total. The highest BCUT2D eigenvalue weighted by Gasteiger charge is 2.30. The second kappa shape index (κ2) is 10.5. The predicted molar refractivity (Wildman–Crippen MR) is 126 cm³/mol. The van der Waals surface area contributed by atoms with Crippen LogP contribution in [0.1, 0.15) is 11.1 Å². The highest BCUT2D eigenvalue weighted by Crippen LogP contribution is 2.34. The van der Waals surface area contributed by atoms with Crippen LogP contribution in [0, 0.1) is 6.92 Å². The van der Waals surface area contributed by atoms with E-state index in [0.29, 0.717) is 5.75 Å². The highest BCUT2D eigenvalue weighted by molar-refractivity contribution is 7.93. The van der Waals surface area contributed by atoms with Crippen LogP contribution in [0.15, 0.2) is 65.8 Å². The quantitative estimate of drug-likeness (QED) is 0.493. The van der Waals surface area contributed by atoms with Gasteiger partial charge < -0.3 is 14.8 Å². The van der Waals surface area contributed by atoms with Crippen molar-refractivity contribution in [1.82, 2.24) is 10.3 Å². The largest absolute Gasteiger partial charge is 0.495 e. The van der Waals surface area contributed by atoms with Gasteiger partial charge in [-0.25, -0.2) is 8.42 Å². The molecule has 0 aliphatic carbocycles. The number of carbonyl (C=O) groups excluding carboxylic acids is 1. The molecule has 174 valence electrons. The van der Waals surface area contributed by atoms with Gasteiger partial charge in [0.15, 0.2) is 0 Å². The molecule has 0 atom stereocenters. The summed E-state index contributed by atoms with van der Waals surface area (Å²) in [5.41, 5.74) is 1.72. The van der Waals surface area contributed by atoms with Gasteiger partial charge in [0.05, 0.1) is 24.9 Å². The minimum atomic E-state index is -4.20. The molecule has 0 saturated heterocycles. The third-order valence-corrected chi connectivity index (χ3v) is 6.90. The van der Waals surface area contributed by atoms with Crippen LogP contribution < -0.4 is 19.1 Å². The number of hydrogen-bond donors (Lipinski definition) is 1. The zero-order valence-corrected chi connectivity index (χ0v) is 20.0. The van der Waals surface area contributed by atoms with E-state index >= 15 is 0 Å². The van der Waals surface area contributed by atoms with E-state index < -0.39 is 22.5 Å². The zero-order chi connectivity index (χ0) is 24.0. The van der Waals surface area contributed by atoms with Crippen LogP contribution >= 0.6 is 11.6 Å². The number of nitrogens with zero attached hydrogens (tertiary/aromatic N) is 2. The molecule has 0 saturated carbocycles. The van der Waals surface area contributed by atoms with Gasteiger partial charge in [-0.3, -0.25) is 14.1 Å². The number of aryl methyl sites for hydroxylation is 1. The minimum Gasteiger partial charge on any atom is -0.495 e. The number of amides is 1. The molecule has 0 unspecified atom stereocenters. The first-order valence-corrected chi connectivity index (χ1v) is 11.7. The second-order valence-electron chi connectivity index (χ2n) is 7.12. The lowest BCUT2D eigenvalue weighted by Gasteiger charge is -2.25. The summed E-state index contributed by atoms with van der Waals surface area (Å²) in [4.78, 5) is 16.7. The third kappa shape index (κ3) is 5.74. The Hall–Kier alpha value is -3.30. The van der Waals surface area contributed by atoms with Gasteiger partial charge in [-0.15, -0.1) is 0 Å². The molecule has 0 fully saturated rings. The van der Waals surface area contributed by atoms with Crippen molar-refractivity contribution in [2.24, 2.45) is 0 Å². The van der Waals surface area contributed by atoms with E-state index in [-0.39, 0.29) is 27.9 Å². The van der Waals surface area contributed by atoms with Gasteiger partial charge in [0, 0.05) is 18.9 Å². The number of hydrogen-bond acceptors (Lipinski definition) is 6. The standard InChI is InChI=1S/C23H24ClN3O5S/c1-16-6-8-21(32-3)22(11-16)33(29,30)27(18-7-9-20(31-2)19(24)12-18)15-23(28)26-14-17-5-4-10-25-13-17/h4-13H,14-15H2,1-3H3,(H,26,28). The molecule has 10 heteroatoms. The second-order valence-corrected chi connectivity index (χ2v) is 9.36. The monoisotopic (exact) mass is 489 g/mol. The van der Waals surface area contributed by atoms with E-state index in [4.69, 9.17) is 21.1 Å². The molecule has 0 spiro atoms. The predicted octanol–water partition coefficient (Wildman–Crippen LogP) is 3.57. The lowest BCUT2D eigenvalue weighted by molar-refractivity contribution is -0.119. The van der Waals surface area contributed by atoms with Crippen molar-refractivity contribution in [3.05, 3.63) is 77.1 Å². The molecule has 2 aromatic carbocycles. The van der Waals surface area contributed by atoms with Crippen molar-refractivity contribution in [3.63, 3.8) is 0 Å². The number of anilines is 1. The topological polar surface area (TPSA) is 97.8 Å². The number of nitrogens with one attached hydrogen (secondary N) is 1. The molecule has 1 heterocycles. The van der Waals surface area contributed by atoms with Gasteiger partial charge >= 0.3 is 0 Å². The van der Waals surface area contributed by atoms with Gasteiger partial charge in [-0.2, -0.15) is 0 Å². The lowest BCUT2D eigenvalue weighted by atomic mass is 10.2. The van der Waals surface area contributed by atoms with Gasteiger partial charge in [0.1, 0.15) is 22.9 Å². The summed E-state index contributed by atoms with van der Waals surface area (Å²) in [7, 11) is -1.35. The molecule has 0 radical (unpaired) electrons. The Morgan fingerprint density at radius 3 is 2.45 bits per heavy atom. The van der Waals surface area contributed by atoms with E-state index in [2.05, 4.69) is 10.3 Å². The molecule has 1 amide bonds. The summed E-state index contributed by atoms with van der Waals surface area (Å²) in [5, 5.41) is 2.94. The van der Waals surface area contributed by atoms with E-state index in [9.17, 15) is 13.2 Å². The Kier molecular flexibility index (Phi) is 7.78. The average molecular weight is 490 g/mol. The van der Waals surface area contributed by atoms with E-state index in [1.807, 2.05) is 6.07 Å². The number of carbonyl (C=O) groups is 1. The molecule has 1 N–H and O–H groups in total. The third-order valence-electron chi connectivity index (χ3n) is 4.81. The molecular weight excluding hydrogens is 466 g/mol. The van der Waals surface area contributed by atoms with Crippen LogP contribution in [-0.2, 0) is 21.4 Å². The summed E-state index contributed by atoms with van der Waals surface area (Å²) >= 11 is 6.25. The minimum absolute atomic E-state index is 0.0583. The van der Waals surface area contributed by atoms with Gasteiger partial charge in [0.25, 0.3) is 10.0 Å². The van der Waals surface area contributed by atoms with E-state index in [1.165, 1.54) is 32.4 Å². The number of ether oxygens (including phenoxy) is 2. The number of benzene rings is 2. The maximum atomic E-state index is 13.7. The van der Waals surface area contributed by atoms with Crippen LogP contribution in [-0.4, -0.2) is 40.1 Å².